The Bertz CT molecular complexity index is 575. The van der Waals surface area contributed by atoms with Crippen LogP contribution in [0.5, 0.6) is 5.75 Å². The zero-order valence-corrected chi connectivity index (χ0v) is 13.3. The summed E-state index contributed by atoms with van der Waals surface area (Å²) in [6.45, 7) is 7.29. The second kappa shape index (κ2) is 7.23. The summed E-state index contributed by atoms with van der Waals surface area (Å²) in [5.74, 6) is 0.841. The molecule has 3 nitrogen and oxygen atoms in total. The number of aryl methyl sites for hydroxylation is 2. The number of methoxy groups -OCH3 is 1. The first-order valence-corrected chi connectivity index (χ1v) is 7.43. The molecule has 112 valence electrons. The fraction of sp³-hybridized carbons (Fsp3) is 0.389. The van der Waals surface area contributed by atoms with Crippen molar-refractivity contribution in [3.8, 4) is 5.75 Å². The largest absolute Gasteiger partial charge is 0.495 e. The van der Waals surface area contributed by atoms with E-state index in [1.54, 1.807) is 7.11 Å². The third kappa shape index (κ3) is 4.05. The number of rotatable bonds is 6. The summed E-state index contributed by atoms with van der Waals surface area (Å²) in [4.78, 5) is 4.52. The molecule has 2 rings (SSSR count). The van der Waals surface area contributed by atoms with Crippen molar-refractivity contribution in [3.63, 3.8) is 0 Å². The highest BCUT2D eigenvalue weighted by Gasteiger charge is 2.17. The standard InChI is InChI=1S/C18H24N2O/c1-5-19-16(18-17(21-4)7-6-8-20-18)12-15-10-13(2)9-14(3)11-15/h6-11,16,19H,5,12H2,1-4H3. The molecule has 1 aromatic carbocycles. The van der Waals surface area contributed by atoms with E-state index >= 15 is 0 Å². The Morgan fingerprint density at radius 1 is 1.19 bits per heavy atom. The maximum atomic E-state index is 5.46. The summed E-state index contributed by atoms with van der Waals surface area (Å²) in [5.41, 5.74) is 4.90. The SMILES string of the molecule is CCNC(Cc1cc(C)cc(C)c1)c1ncccc1OC. The summed E-state index contributed by atoms with van der Waals surface area (Å²) in [6.07, 6.45) is 2.73. The van der Waals surface area contributed by atoms with E-state index < -0.39 is 0 Å². The van der Waals surface area contributed by atoms with Crippen LogP contribution in [-0.4, -0.2) is 18.6 Å². The second-order valence-corrected chi connectivity index (χ2v) is 5.40. The molecule has 1 atom stereocenters. The van der Waals surface area contributed by atoms with E-state index in [2.05, 4.69) is 49.3 Å². The smallest absolute Gasteiger partial charge is 0.141 e. The normalized spacial score (nSPS) is 12.2. The second-order valence-electron chi connectivity index (χ2n) is 5.40. The van der Waals surface area contributed by atoms with Gasteiger partial charge in [-0.05, 0) is 44.5 Å². The van der Waals surface area contributed by atoms with Crippen molar-refractivity contribution in [1.29, 1.82) is 0 Å². The van der Waals surface area contributed by atoms with Gasteiger partial charge < -0.3 is 10.1 Å². The molecule has 1 N–H and O–H groups in total. The van der Waals surface area contributed by atoms with Gasteiger partial charge in [0.05, 0.1) is 18.8 Å². The number of nitrogens with zero attached hydrogens (tertiary/aromatic N) is 1. The van der Waals surface area contributed by atoms with Crippen LogP contribution < -0.4 is 10.1 Å². The van der Waals surface area contributed by atoms with E-state index in [0.717, 1.165) is 24.4 Å². The van der Waals surface area contributed by atoms with Gasteiger partial charge in [-0.25, -0.2) is 0 Å². The molecule has 0 saturated carbocycles. The molecule has 0 spiro atoms. The molecule has 1 unspecified atom stereocenters. The summed E-state index contributed by atoms with van der Waals surface area (Å²) < 4.78 is 5.46. The van der Waals surface area contributed by atoms with E-state index in [1.807, 2.05) is 18.3 Å². The van der Waals surface area contributed by atoms with Gasteiger partial charge in [0.1, 0.15) is 5.75 Å². The van der Waals surface area contributed by atoms with Gasteiger partial charge in [0.15, 0.2) is 0 Å². The van der Waals surface area contributed by atoms with E-state index in [1.165, 1.54) is 16.7 Å². The molecule has 0 aliphatic heterocycles. The zero-order valence-electron chi connectivity index (χ0n) is 13.3. The number of aromatic nitrogens is 1. The fourth-order valence-corrected chi connectivity index (χ4v) is 2.77. The average molecular weight is 284 g/mol. The molecule has 0 saturated heterocycles. The highest BCUT2D eigenvalue weighted by atomic mass is 16.5. The summed E-state index contributed by atoms with van der Waals surface area (Å²) in [6, 6.07) is 10.7. The van der Waals surface area contributed by atoms with Crippen molar-refractivity contribution < 1.29 is 4.74 Å². The monoisotopic (exact) mass is 284 g/mol. The molecule has 21 heavy (non-hydrogen) atoms. The Hall–Kier alpha value is -1.87. The molecular formula is C18H24N2O. The number of hydrogen-bond donors (Lipinski definition) is 1. The van der Waals surface area contributed by atoms with Crippen molar-refractivity contribution in [2.24, 2.45) is 0 Å². The van der Waals surface area contributed by atoms with Gasteiger partial charge >= 0.3 is 0 Å². The highest BCUT2D eigenvalue weighted by molar-refractivity contribution is 5.33. The lowest BCUT2D eigenvalue weighted by Crippen LogP contribution is -2.24. The summed E-state index contributed by atoms with van der Waals surface area (Å²) in [5, 5.41) is 3.52. The molecule has 0 fully saturated rings. The van der Waals surface area contributed by atoms with Crippen molar-refractivity contribution in [2.75, 3.05) is 13.7 Å². The van der Waals surface area contributed by atoms with Crippen LogP contribution in [0.25, 0.3) is 0 Å². The van der Waals surface area contributed by atoms with E-state index in [0.29, 0.717) is 0 Å². The Morgan fingerprint density at radius 2 is 1.90 bits per heavy atom. The van der Waals surface area contributed by atoms with Crippen LogP contribution in [0.3, 0.4) is 0 Å². The third-order valence-electron chi connectivity index (χ3n) is 3.52. The van der Waals surface area contributed by atoms with Gasteiger partial charge in [0.25, 0.3) is 0 Å². The first-order chi connectivity index (χ1) is 10.1. The van der Waals surface area contributed by atoms with E-state index in [4.69, 9.17) is 4.74 Å². The quantitative estimate of drug-likeness (QED) is 0.880. The van der Waals surface area contributed by atoms with Crippen LogP contribution in [0, 0.1) is 13.8 Å². The van der Waals surface area contributed by atoms with Crippen LogP contribution >= 0.6 is 0 Å². The minimum absolute atomic E-state index is 0.160. The maximum absolute atomic E-state index is 5.46. The van der Waals surface area contributed by atoms with Gasteiger partial charge in [-0.15, -0.1) is 0 Å². The van der Waals surface area contributed by atoms with Crippen LogP contribution in [0.4, 0.5) is 0 Å². The number of benzene rings is 1. The van der Waals surface area contributed by atoms with Gasteiger partial charge in [0, 0.05) is 6.20 Å². The maximum Gasteiger partial charge on any atom is 0.141 e. The highest BCUT2D eigenvalue weighted by Crippen LogP contribution is 2.26. The molecular weight excluding hydrogens is 260 g/mol. The van der Waals surface area contributed by atoms with Gasteiger partial charge in [-0.2, -0.15) is 0 Å². The van der Waals surface area contributed by atoms with Crippen LogP contribution in [0.2, 0.25) is 0 Å². The lowest BCUT2D eigenvalue weighted by atomic mass is 9.98. The minimum Gasteiger partial charge on any atom is -0.495 e. The van der Waals surface area contributed by atoms with Crippen LogP contribution in [-0.2, 0) is 6.42 Å². The topological polar surface area (TPSA) is 34.2 Å². The Balaban J connectivity index is 2.30. The van der Waals surface area contributed by atoms with Gasteiger partial charge in [0.2, 0.25) is 0 Å². The molecule has 2 aromatic rings. The molecule has 0 aliphatic rings. The molecule has 0 aliphatic carbocycles. The average Bonchev–Trinajstić information content (AvgIpc) is 2.45. The zero-order chi connectivity index (χ0) is 15.2. The predicted molar refractivity (Wildman–Crippen MR) is 86.8 cm³/mol. The molecule has 1 aromatic heterocycles. The van der Waals surface area contributed by atoms with Gasteiger partial charge in [-0.1, -0.05) is 36.2 Å². The Morgan fingerprint density at radius 3 is 2.52 bits per heavy atom. The molecule has 0 radical (unpaired) electrons. The predicted octanol–water partition coefficient (Wildman–Crippen LogP) is 3.60. The minimum atomic E-state index is 0.160. The van der Waals surface area contributed by atoms with Crippen molar-refractivity contribution in [2.45, 2.75) is 33.2 Å². The summed E-state index contributed by atoms with van der Waals surface area (Å²) in [7, 11) is 1.69. The van der Waals surface area contributed by atoms with E-state index in [-0.39, 0.29) is 6.04 Å². The third-order valence-corrected chi connectivity index (χ3v) is 3.52. The Labute approximate surface area is 127 Å². The number of nitrogens with one attached hydrogen (secondary N) is 1. The van der Waals surface area contributed by atoms with Gasteiger partial charge in [-0.3, -0.25) is 4.98 Å². The first kappa shape index (κ1) is 15.5. The molecule has 0 bridgehead atoms. The Kier molecular flexibility index (Phi) is 5.34. The molecule has 0 amide bonds. The number of pyridine rings is 1. The van der Waals surface area contributed by atoms with Crippen LogP contribution in [0.15, 0.2) is 36.5 Å². The van der Waals surface area contributed by atoms with Crippen LogP contribution in [0.1, 0.15) is 35.3 Å². The number of hydrogen-bond acceptors (Lipinski definition) is 3. The van der Waals surface area contributed by atoms with Crippen molar-refractivity contribution in [1.82, 2.24) is 10.3 Å². The molecule has 3 heteroatoms. The van der Waals surface area contributed by atoms with Crippen molar-refractivity contribution in [3.05, 3.63) is 58.9 Å². The molecule has 1 heterocycles. The number of ether oxygens (including phenoxy) is 1. The lowest BCUT2D eigenvalue weighted by molar-refractivity contribution is 0.394. The van der Waals surface area contributed by atoms with E-state index in [9.17, 15) is 0 Å². The fourth-order valence-electron chi connectivity index (χ4n) is 2.77. The lowest BCUT2D eigenvalue weighted by Gasteiger charge is -2.20. The number of likely N-dealkylation sites (N-methyl/N-ethyl adjacent to an activating group) is 1. The van der Waals surface area contributed by atoms with Crippen molar-refractivity contribution >= 4 is 0 Å². The summed E-state index contributed by atoms with van der Waals surface area (Å²) >= 11 is 0. The first-order valence-electron chi connectivity index (χ1n) is 7.43.